The van der Waals surface area contributed by atoms with Crippen molar-refractivity contribution in [3.8, 4) is 16.9 Å². The largest absolute Gasteiger partial charge is 0.492 e. The molecule has 0 N–H and O–H groups in total. The van der Waals surface area contributed by atoms with Crippen LogP contribution in [0.3, 0.4) is 0 Å². The molecule has 0 saturated heterocycles. The molecule has 0 bridgehead atoms. The summed E-state index contributed by atoms with van der Waals surface area (Å²) in [5.74, 6) is 0.828. The van der Waals surface area contributed by atoms with E-state index in [1.807, 2.05) is 18.2 Å². The van der Waals surface area contributed by atoms with E-state index in [2.05, 4.69) is 15.0 Å². The number of hydrogen-bond donors (Lipinski definition) is 0. The van der Waals surface area contributed by atoms with E-state index >= 15 is 0 Å². The van der Waals surface area contributed by atoms with Crippen molar-refractivity contribution >= 4 is 0 Å². The van der Waals surface area contributed by atoms with Gasteiger partial charge in [0.25, 0.3) is 0 Å². The number of nitrogens with zero attached hydrogens (tertiary/aromatic N) is 3. The Labute approximate surface area is 147 Å². The molecule has 4 rings (SSSR count). The van der Waals surface area contributed by atoms with Crippen LogP contribution in [0.2, 0.25) is 0 Å². The fourth-order valence-corrected chi connectivity index (χ4v) is 3.04. The third-order valence-electron chi connectivity index (χ3n) is 4.29. The molecule has 7 heteroatoms. The summed E-state index contributed by atoms with van der Waals surface area (Å²) in [5, 5.41) is 0. The van der Waals surface area contributed by atoms with Crippen molar-refractivity contribution in [1.82, 2.24) is 15.0 Å². The molecule has 0 atom stereocenters. The molecule has 0 saturated carbocycles. The Morgan fingerprint density at radius 1 is 1.00 bits per heavy atom. The van der Waals surface area contributed by atoms with Gasteiger partial charge in [0, 0.05) is 36.4 Å². The second-order valence-electron chi connectivity index (χ2n) is 6.00. The Balaban J connectivity index is 1.68. The molecule has 2 aromatic heterocycles. The molecule has 3 aromatic rings. The molecule has 0 radical (unpaired) electrons. The van der Waals surface area contributed by atoms with Crippen LogP contribution in [0.1, 0.15) is 22.5 Å². The first-order valence-electron chi connectivity index (χ1n) is 8.08. The van der Waals surface area contributed by atoms with Crippen LogP contribution >= 0.6 is 0 Å². The number of alkyl halides is 3. The maximum absolute atomic E-state index is 12.7. The Morgan fingerprint density at radius 2 is 1.88 bits per heavy atom. The number of rotatable bonds is 3. The second-order valence-corrected chi connectivity index (χ2v) is 6.00. The fourth-order valence-electron chi connectivity index (χ4n) is 3.04. The van der Waals surface area contributed by atoms with E-state index in [1.54, 1.807) is 6.20 Å². The first-order chi connectivity index (χ1) is 12.5. The number of ether oxygens (including phenoxy) is 1. The summed E-state index contributed by atoms with van der Waals surface area (Å²) in [4.78, 5) is 11.9. The first-order valence-corrected chi connectivity index (χ1v) is 8.08. The lowest BCUT2D eigenvalue weighted by Gasteiger charge is -2.12. The zero-order valence-electron chi connectivity index (χ0n) is 13.6. The normalized spacial score (nSPS) is 13.3. The molecule has 0 amide bonds. The van der Waals surface area contributed by atoms with Crippen LogP contribution in [0.5, 0.6) is 5.75 Å². The van der Waals surface area contributed by atoms with Crippen LogP contribution in [-0.4, -0.2) is 21.6 Å². The highest BCUT2D eigenvalue weighted by molar-refractivity contribution is 5.74. The van der Waals surface area contributed by atoms with Crippen molar-refractivity contribution in [3.63, 3.8) is 0 Å². The minimum Gasteiger partial charge on any atom is -0.492 e. The predicted octanol–water partition coefficient (Wildman–Crippen LogP) is 4.08. The Morgan fingerprint density at radius 3 is 2.65 bits per heavy atom. The molecule has 0 unspecified atom stereocenters. The summed E-state index contributed by atoms with van der Waals surface area (Å²) in [5.41, 5.74) is 3.30. The minimum absolute atomic E-state index is 0.354. The van der Waals surface area contributed by atoms with Crippen molar-refractivity contribution in [2.45, 2.75) is 19.0 Å². The van der Waals surface area contributed by atoms with Gasteiger partial charge in [-0.05, 0) is 17.2 Å². The molecule has 1 aromatic carbocycles. The second kappa shape index (κ2) is 6.40. The number of hydrogen-bond acceptors (Lipinski definition) is 4. The molecule has 26 heavy (non-hydrogen) atoms. The lowest BCUT2D eigenvalue weighted by atomic mass is 9.98. The van der Waals surface area contributed by atoms with Crippen LogP contribution in [-0.2, 0) is 19.0 Å². The average Bonchev–Trinajstić information content (AvgIpc) is 3.11. The van der Waals surface area contributed by atoms with Crippen LogP contribution in [0.25, 0.3) is 11.1 Å². The van der Waals surface area contributed by atoms with Gasteiger partial charge in [-0.15, -0.1) is 0 Å². The maximum Gasteiger partial charge on any atom is 0.433 e. The summed E-state index contributed by atoms with van der Waals surface area (Å²) >= 11 is 0. The summed E-state index contributed by atoms with van der Waals surface area (Å²) in [6.07, 6.45) is 1.14. The summed E-state index contributed by atoms with van der Waals surface area (Å²) in [6.45, 7) is 0.637. The van der Waals surface area contributed by atoms with Gasteiger partial charge in [-0.25, -0.2) is 9.97 Å². The average molecular weight is 357 g/mol. The maximum atomic E-state index is 12.7. The SMILES string of the molecule is FC(F)(F)c1ccc(Cc2ncncc2-c2cccc3c2OCC3)cn1. The minimum atomic E-state index is -4.44. The molecule has 4 nitrogen and oxygen atoms in total. The number of fused-ring (bicyclic) bond motifs is 1. The molecular weight excluding hydrogens is 343 g/mol. The first kappa shape index (κ1) is 16.5. The van der Waals surface area contributed by atoms with Gasteiger partial charge in [0.2, 0.25) is 0 Å². The lowest BCUT2D eigenvalue weighted by Crippen LogP contribution is -2.08. The highest BCUT2D eigenvalue weighted by Crippen LogP contribution is 2.38. The van der Waals surface area contributed by atoms with E-state index in [4.69, 9.17) is 4.74 Å². The van der Waals surface area contributed by atoms with Gasteiger partial charge in [0.15, 0.2) is 0 Å². The summed E-state index contributed by atoms with van der Waals surface area (Å²) < 4.78 is 43.7. The molecule has 0 spiro atoms. The van der Waals surface area contributed by atoms with Gasteiger partial charge in [-0.3, -0.25) is 4.98 Å². The third-order valence-corrected chi connectivity index (χ3v) is 4.29. The Kier molecular flexibility index (Phi) is 4.06. The summed E-state index contributed by atoms with van der Waals surface area (Å²) in [6, 6.07) is 8.33. The monoisotopic (exact) mass is 357 g/mol. The lowest BCUT2D eigenvalue weighted by molar-refractivity contribution is -0.141. The predicted molar refractivity (Wildman–Crippen MR) is 88.7 cm³/mol. The molecule has 0 fully saturated rings. The molecule has 1 aliphatic heterocycles. The highest BCUT2D eigenvalue weighted by atomic mass is 19.4. The van der Waals surface area contributed by atoms with Crippen molar-refractivity contribution < 1.29 is 17.9 Å². The van der Waals surface area contributed by atoms with Crippen molar-refractivity contribution in [3.05, 3.63) is 71.6 Å². The van der Waals surface area contributed by atoms with Crippen molar-refractivity contribution in [2.24, 2.45) is 0 Å². The zero-order chi connectivity index (χ0) is 18.1. The van der Waals surface area contributed by atoms with Gasteiger partial charge in [0.1, 0.15) is 17.8 Å². The number of halogens is 3. The van der Waals surface area contributed by atoms with E-state index < -0.39 is 11.9 Å². The Hall–Kier alpha value is -2.96. The molecule has 0 aliphatic carbocycles. The van der Waals surface area contributed by atoms with E-state index in [0.717, 1.165) is 34.9 Å². The molecule has 1 aliphatic rings. The smallest absolute Gasteiger partial charge is 0.433 e. The van der Waals surface area contributed by atoms with E-state index in [-0.39, 0.29) is 0 Å². The van der Waals surface area contributed by atoms with Crippen LogP contribution in [0.15, 0.2) is 49.1 Å². The Bertz CT molecular complexity index is 940. The zero-order valence-corrected chi connectivity index (χ0v) is 13.6. The number of pyridine rings is 1. The van der Waals surface area contributed by atoms with Gasteiger partial charge in [-0.2, -0.15) is 13.2 Å². The van der Waals surface area contributed by atoms with Crippen molar-refractivity contribution in [2.75, 3.05) is 6.61 Å². The molecule has 3 heterocycles. The number of aromatic nitrogens is 3. The number of para-hydroxylation sites is 1. The van der Waals surface area contributed by atoms with Gasteiger partial charge < -0.3 is 4.74 Å². The molecule has 132 valence electrons. The van der Waals surface area contributed by atoms with E-state index in [0.29, 0.717) is 24.3 Å². The topological polar surface area (TPSA) is 47.9 Å². The molecular formula is C19H14F3N3O. The third kappa shape index (κ3) is 3.12. The van der Waals surface area contributed by atoms with Gasteiger partial charge in [-0.1, -0.05) is 24.3 Å². The van der Waals surface area contributed by atoms with Crippen LogP contribution in [0.4, 0.5) is 13.2 Å². The highest BCUT2D eigenvalue weighted by Gasteiger charge is 2.32. The van der Waals surface area contributed by atoms with E-state index in [1.165, 1.54) is 18.6 Å². The fraction of sp³-hybridized carbons (Fsp3) is 0.211. The van der Waals surface area contributed by atoms with E-state index in [9.17, 15) is 13.2 Å². The quantitative estimate of drug-likeness (QED) is 0.709. The van der Waals surface area contributed by atoms with Crippen molar-refractivity contribution in [1.29, 1.82) is 0 Å². The number of benzene rings is 1. The van der Waals surface area contributed by atoms with Crippen LogP contribution in [0, 0.1) is 0 Å². The summed E-state index contributed by atoms with van der Waals surface area (Å²) in [7, 11) is 0. The van der Waals surface area contributed by atoms with Gasteiger partial charge >= 0.3 is 6.18 Å². The standard InChI is InChI=1S/C19H14F3N3O/c20-19(21,22)17-5-4-12(9-24-17)8-16-15(10-23-11-25-16)14-3-1-2-13-6-7-26-18(13)14/h1-5,9-11H,6-8H2. The van der Waals surface area contributed by atoms with Gasteiger partial charge in [0.05, 0.1) is 12.3 Å². The van der Waals surface area contributed by atoms with Crippen LogP contribution < -0.4 is 4.74 Å².